The lowest BCUT2D eigenvalue weighted by Crippen LogP contribution is -2.41. The standard InChI is InChI=1S/C17H25F2N3O2.HI/c1-2-20-17(22-11-15-7-4-8-23-15)21-10-13-5-3-6-14(9-13)24-12-16(18)19;/h3,5-6,9,15-16H,2,4,7-8,10-12H2,1H3,(H2,20,21,22);1H. The monoisotopic (exact) mass is 469 g/mol. The number of rotatable bonds is 8. The second-order valence-corrected chi connectivity index (χ2v) is 5.56. The van der Waals surface area contributed by atoms with Crippen LogP contribution in [-0.2, 0) is 11.3 Å². The van der Waals surface area contributed by atoms with Gasteiger partial charge in [0.2, 0.25) is 0 Å². The van der Waals surface area contributed by atoms with Gasteiger partial charge in [0, 0.05) is 19.7 Å². The number of aliphatic imine (C=N–C) groups is 1. The number of nitrogens with one attached hydrogen (secondary N) is 2. The molecule has 0 bridgehead atoms. The lowest BCUT2D eigenvalue weighted by atomic mass is 10.2. The van der Waals surface area contributed by atoms with E-state index in [0.717, 1.165) is 38.1 Å². The maximum atomic E-state index is 12.2. The maximum absolute atomic E-state index is 12.2. The van der Waals surface area contributed by atoms with Gasteiger partial charge in [0.25, 0.3) is 6.43 Å². The molecule has 1 aliphatic rings. The molecule has 1 heterocycles. The average Bonchev–Trinajstić information content (AvgIpc) is 3.09. The molecule has 1 atom stereocenters. The van der Waals surface area contributed by atoms with Crippen LogP contribution in [0.2, 0.25) is 0 Å². The Morgan fingerprint density at radius 3 is 2.92 bits per heavy atom. The third kappa shape index (κ3) is 8.66. The van der Waals surface area contributed by atoms with Crippen LogP contribution in [0.15, 0.2) is 29.3 Å². The molecular weight excluding hydrogens is 443 g/mol. The summed E-state index contributed by atoms with van der Waals surface area (Å²) < 4.78 is 35.0. The number of ether oxygens (including phenoxy) is 2. The smallest absolute Gasteiger partial charge is 0.272 e. The molecule has 5 nitrogen and oxygen atoms in total. The van der Waals surface area contributed by atoms with Gasteiger partial charge < -0.3 is 20.1 Å². The Kier molecular flexibility index (Phi) is 10.7. The average molecular weight is 469 g/mol. The molecule has 8 heteroatoms. The second kappa shape index (κ2) is 12.2. The Morgan fingerprint density at radius 2 is 2.24 bits per heavy atom. The molecule has 1 fully saturated rings. The van der Waals surface area contributed by atoms with Crippen LogP contribution in [-0.4, -0.2) is 44.8 Å². The van der Waals surface area contributed by atoms with Crippen molar-refractivity contribution in [2.24, 2.45) is 4.99 Å². The van der Waals surface area contributed by atoms with Crippen molar-refractivity contribution in [3.05, 3.63) is 29.8 Å². The van der Waals surface area contributed by atoms with Crippen molar-refractivity contribution in [1.82, 2.24) is 10.6 Å². The van der Waals surface area contributed by atoms with E-state index in [4.69, 9.17) is 9.47 Å². The van der Waals surface area contributed by atoms with E-state index in [1.54, 1.807) is 18.2 Å². The Hall–Kier alpha value is -1.16. The molecule has 0 spiro atoms. The molecule has 1 saturated heterocycles. The Bertz CT molecular complexity index is 526. The zero-order chi connectivity index (χ0) is 17.2. The van der Waals surface area contributed by atoms with Crippen molar-refractivity contribution in [1.29, 1.82) is 0 Å². The first-order valence-electron chi connectivity index (χ1n) is 8.31. The van der Waals surface area contributed by atoms with E-state index in [0.29, 0.717) is 18.3 Å². The van der Waals surface area contributed by atoms with E-state index in [-0.39, 0.29) is 30.1 Å². The number of nitrogens with zero attached hydrogens (tertiary/aromatic N) is 1. The molecular formula is C17H26F2IN3O2. The number of guanidine groups is 1. The van der Waals surface area contributed by atoms with Gasteiger partial charge >= 0.3 is 0 Å². The van der Waals surface area contributed by atoms with Gasteiger partial charge in [-0.15, -0.1) is 24.0 Å². The second-order valence-electron chi connectivity index (χ2n) is 5.56. The SMILES string of the molecule is CCNC(=NCc1cccc(OCC(F)F)c1)NCC1CCCO1.I. The highest BCUT2D eigenvalue weighted by Crippen LogP contribution is 2.15. The first-order valence-corrected chi connectivity index (χ1v) is 8.31. The minimum Gasteiger partial charge on any atom is -0.488 e. The predicted octanol–water partition coefficient (Wildman–Crippen LogP) is 3.18. The third-order valence-corrected chi connectivity index (χ3v) is 3.56. The molecule has 25 heavy (non-hydrogen) atoms. The maximum Gasteiger partial charge on any atom is 0.272 e. The van der Waals surface area contributed by atoms with E-state index in [2.05, 4.69) is 15.6 Å². The highest BCUT2D eigenvalue weighted by molar-refractivity contribution is 14.0. The Balaban J connectivity index is 0.00000312. The van der Waals surface area contributed by atoms with Gasteiger partial charge in [-0.25, -0.2) is 13.8 Å². The first-order chi connectivity index (χ1) is 11.7. The van der Waals surface area contributed by atoms with Crippen molar-refractivity contribution in [3.63, 3.8) is 0 Å². The minimum atomic E-state index is -2.48. The summed E-state index contributed by atoms with van der Waals surface area (Å²) in [5, 5.41) is 6.46. The van der Waals surface area contributed by atoms with E-state index in [1.165, 1.54) is 0 Å². The van der Waals surface area contributed by atoms with Gasteiger partial charge in [-0.2, -0.15) is 0 Å². The summed E-state index contributed by atoms with van der Waals surface area (Å²) in [7, 11) is 0. The van der Waals surface area contributed by atoms with Gasteiger partial charge in [-0.05, 0) is 37.5 Å². The highest BCUT2D eigenvalue weighted by atomic mass is 127. The number of hydrogen-bond acceptors (Lipinski definition) is 3. The van der Waals surface area contributed by atoms with E-state index < -0.39 is 13.0 Å². The molecule has 1 aromatic carbocycles. The normalized spacial score (nSPS) is 17.3. The van der Waals surface area contributed by atoms with E-state index >= 15 is 0 Å². The fraction of sp³-hybridized carbons (Fsp3) is 0.588. The largest absolute Gasteiger partial charge is 0.488 e. The molecule has 0 amide bonds. The highest BCUT2D eigenvalue weighted by Gasteiger charge is 2.15. The molecule has 0 aliphatic carbocycles. The van der Waals surface area contributed by atoms with E-state index in [9.17, 15) is 8.78 Å². The quantitative estimate of drug-likeness (QED) is 0.349. The predicted molar refractivity (Wildman–Crippen MR) is 105 cm³/mol. The summed E-state index contributed by atoms with van der Waals surface area (Å²) in [4.78, 5) is 4.52. The van der Waals surface area contributed by atoms with Crippen LogP contribution in [0.4, 0.5) is 8.78 Å². The van der Waals surface area contributed by atoms with Crippen molar-refractivity contribution in [3.8, 4) is 5.75 Å². The fourth-order valence-electron chi connectivity index (χ4n) is 2.42. The molecule has 2 rings (SSSR count). The number of hydrogen-bond donors (Lipinski definition) is 2. The molecule has 0 aromatic heterocycles. The van der Waals surface area contributed by atoms with Gasteiger partial charge in [0.1, 0.15) is 12.4 Å². The van der Waals surface area contributed by atoms with Crippen LogP contribution in [0.3, 0.4) is 0 Å². The summed E-state index contributed by atoms with van der Waals surface area (Å²) in [6, 6.07) is 7.06. The zero-order valence-corrected chi connectivity index (χ0v) is 16.7. The molecule has 2 N–H and O–H groups in total. The number of halogens is 3. The summed E-state index contributed by atoms with van der Waals surface area (Å²) in [6.45, 7) is 4.15. The summed E-state index contributed by atoms with van der Waals surface area (Å²) >= 11 is 0. The third-order valence-electron chi connectivity index (χ3n) is 3.56. The van der Waals surface area contributed by atoms with Crippen molar-refractivity contribution in [2.75, 3.05) is 26.3 Å². The van der Waals surface area contributed by atoms with Crippen LogP contribution in [0.5, 0.6) is 5.75 Å². The molecule has 0 saturated carbocycles. The van der Waals surface area contributed by atoms with Crippen LogP contribution in [0, 0.1) is 0 Å². The first kappa shape index (κ1) is 21.9. The molecule has 142 valence electrons. The summed E-state index contributed by atoms with van der Waals surface area (Å²) in [5.74, 6) is 1.15. The van der Waals surface area contributed by atoms with Crippen molar-refractivity contribution < 1.29 is 18.3 Å². The summed E-state index contributed by atoms with van der Waals surface area (Å²) in [6.07, 6.45) is -0.0737. The van der Waals surface area contributed by atoms with E-state index in [1.807, 2.05) is 13.0 Å². The van der Waals surface area contributed by atoms with Crippen LogP contribution in [0.1, 0.15) is 25.3 Å². The van der Waals surface area contributed by atoms with Gasteiger partial charge in [0.05, 0.1) is 12.6 Å². The molecule has 1 aliphatic heterocycles. The minimum absolute atomic E-state index is 0. The summed E-state index contributed by atoms with van der Waals surface area (Å²) in [5.41, 5.74) is 0.899. The lowest BCUT2D eigenvalue weighted by molar-refractivity contribution is 0.0818. The van der Waals surface area contributed by atoms with Gasteiger partial charge in [-0.1, -0.05) is 12.1 Å². The molecule has 1 unspecified atom stereocenters. The van der Waals surface area contributed by atoms with Crippen LogP contribution >= 0.6 is 24.0 Å². The van der Waals surface area contributed by atoms with Crippen molar-refractivity contribution >= 4 is 29.9 Å². The van der Waals surface area contributed by atoms with Gasteiger partial charge in [0.15, 0.2) is 5.96 Å². The van der Waals surface area contributed by atoms with Crippen LogP contribution < -0.4 is 15.4 Å². The zero-order valence-electron chi connectivity index (χ0n) is 14.3. The van der Waals surface area contributed by atoms with Gasteiger partial charge in [-0.3, -0.25) is 0 Å². The topological polar surface area (TPSA) is 54.9 Å². The number of alkyl halides is 2. The Morgan fingerprint density at radius 1 is 1.40 bits per heavy atom. The number of benzene rings is 1. The Labute approximate surface area is 164 Å². The molecule has 0 radical (unpaired) electrons. The van der Waals surface area contributed by atoms with Crippen LogP contribution in [0.25, 0.3) is 0 Å². The lowest BCUT2D eigenvalue weighted by Gasteiger charge is -2.15. The molecule has 1 aromatic rings. The van der Waals surface area contributed by atoms with Crippen molar-refractivity contribution in [2.45, 2.75) is 38.8 Å². The fourth-order valence-corrected chi connectivity index (χ4v) is 2.42.